The van der Waals surface area contributed by atoms with Gasteiger partial charge < -0.3 is 0 Å². The summed E-state index contributed by atoms with van der Waals surface area (Å²) in [5.74, 6) is 2.78. The van der Waals surface area contributed by atoms with Gasteiger partial charge in [0.2, 0.25) is 0 Å². The fraction of sp³-hybridized carbons (Fsp3) is 0.778. The van der Waals surface area contributed by atoms with Crippen molar-refractivity contribution in [3.05, 3.63) is 12.2 Å². The Morgan fingerprint density at radius 3 is 2.50 bits per heavy atom. The Kier molecular flexibility index (Phi) is 1.86. The minimum absolute atomic E-state index is 0.907. The zero-order valence-electron chi connectivity index (χ0n) is 6.09. The predicted molar refractivity (Wildman–Crippen MR) is 47.3 cm³/mol. The fourth-order valence-electron chi connectivity index (χ4n) is 2.23. The summed E-state index contributed by atoms with van der Waals surface area (Å²) in [7, 11) is 0. The molecule has 0 amide bonds. The standard InChI is InChI=1S/C9H13Br/c10-6-9-5-7-1-3-8(9)4-2-7/h1,3,7-9H,2,4-6H2/t7-,8-,9+/m0/s1. The van der Waals surface area contributed by atoms with E-state index in [9.17, 15) is 0 Å². The van der Waals surface area contributed by atoms with E-state index in [4.69, 9.17) is 0 Å². The Bertz CT molecular complexity index is 151. The molecular formula is C9H13Br. The van der Waals surface area contributed by atoms with Crippen molar-refractivity contribution >= 4 is 15.9 Å². The molecule has 0 heterocycles. The van der Waals surface area contributed by atoms with Gasteiger partial charge >= 0.3 is 0 Å². The Morgan fingerprint density at radius 2 is 2.20 bits per heavy atom. The smallest absolute Gasteiger partial charge is 0.00655 e. The van der Waals surface area contributed by atoms with Gasteiger partial charge in [-0.1, -0.05) is 28.1 Å². The Hall–Kier alpha value is 0.220. The molecular weight excluding hydrogens is 188 g/mol. The van der Waals surface area contributed by atoms with Gasteiger partial charge in [0.25, 0.3) is 0 Å². The van der Waals surface area contributed by atoms with Gasteiger partial charge in [0.1, 0.15) is 0 Å². The van der Waals surface area contributed by atoms with Crippen molar-refractivity contribution in [1.82, 2.24) is 0 Å². The third-order valence-electron chi connectivity index (χ3n) is 2.91. The molecule has 0 aliphatic heterocycles. The van der Waals surface area contributed by atoms with Crippen LogP contribution < -0.4 is 0 Å². The summed E-state index contributed by atoms with van der Waals surface area (Å²) < 4.78 is 0. The summed E-state index contributed by atoms with van der Waals surface area (Å²) in [4.78, 5) is 0. The number of hydrogen-bond donors (Lipinski definition) is 0. The van der Waals surface area contributed by atoms with E-state index in [1.54, 1.807) is 0 Å². The van der Waals surface area contributed by atoms with E-state index in [2.05, 4.69) is 28.1 Å². The number of hydrogen-bond acceptors (Lipinski definition) is 0. The average Bonchev–Trinajstić information content (AvgIpc) is 2.06. The largest absolute Gasteiger partial charge is 0.0925 e. The summed E-state index contributed by atoms with van der Waals surface area (Å²) in [5.41, 5.74) is 0. The average molecular weight is 201 g/mol. The molecule has 0 unspecified atom stereocenters. The molecule has 0 aromatic heterocycles. The maximum Gasteiger partial charge on any atom is 0.00655 e. The van der Waals surface area contributed by atoms with Crippen molar-refractivity contribution in [3.63, 3.8) is 0 Å². The van der Waals surface area contributed by atoms with Crippen molar-refractivity contribution in [2.45, 2.75) is 19.3 Å². The van der Waals surface area contributed by atoms with Gasteiger partial charge in [0.15, 0.2) is 0 Å². The van der Waals surface area contributed by atoms with Crippen LogP contribution in [0.15, 0.2) is 12.2 Å². The predicted octanol–water partition coefficient (Wildman–Crippen LogP) is 2.98. The van der Waals surface area contributed by atoms with Crippen LogP contribution in [0.3, 0.4) is 0 Å². The Morgan fingerprint density at radius 1 is 1.30 bits per heavy atom. The second-order valence-corrected chi connectivity index (χ2v) is 4.18. The van der Waals surface area contributed by atoms with E-state index in [0.717, 1.165) is 17.8 Å². The Labute approximate surface area is 70.8 Å². The third kappa shape index (κ3) is 1.05. The number of halogens is 1. The van der Waals surface area contributed by atoms with Crippen molar-refractivity contribution < 1.29 is 0 Å². The second kappa shape index (κ2) is 2.69. The highest BCUT2D eigenvalue weighted by atomic mass is 79.9. The lowest BCUT2D eigenvalue weighted by molar-refractivity contribution is 0.243. The molecule has 0 radical (unpaired) electrons. The van der Waals surface area contributed by atoms with E-state index in [0.29, 0.717) is 0 Å². The van der Waals surface area contributed by atoms with Gasteiger partial charge in [-0.15, -0.1) is 0 Å². The van der Waals surface area contributed by atoms with E-state index in [1.165, 1.54) is 24.6 Å². The highest BCUT2D eigenvalue weighted by Gasteiger charge is 2.30. The highest BCUT2D eigenvalue weighted by molar-refractivity contribution is 9.09. The molecule has 56 valence electrons. The maximum absolute atomic E-state index is 3.58. The van der Waals surface area contributed by atoms with Gasteiger partial charge in [0.05, 0.1) is 0 Å². The van der Waals surface area contributed by atoms with Crippen LogP contribution in [-0.2, 0) is 0 Å². The van der Waals surface area contributed by atoms with Crippen LogP contribution in [0.1, 0.15) is 19.3 Å². The van der Waals surface area contributed by atoms with Crippen LogP contribution in [0.5, 0.6) is 0 Å². The minimum Gasteiger partial charge on any atom is -0.0925 e. The molecule has 3 atom stereocenters. The van der Waals surface area contributed by atoms with Crippen molar-refractivity contribution in [2.75, 3.05) is 5.33 Å². The van der Waals surface area contributed by atoms with Crippen LogP contribution in [-0.4, -0.2) is 5.33 Å². The minimum atomic E-state index is 0.907. The van der Waals surface area contributed by atoms with Crippen molar-refractivity contribution in [3.8, 4) is 0 Å². The lowest BCUT2D eigenvalue weighted by Gasteiger charge is -2.37. The van der Waals surface area contributed by atoms with E-state index < -0.39 is 0 Å². The molecule has 10 heavy (non-hydrogen) atoms. The zero-order valence-corrected chi connectivity index (χ0v) is 7.68. The first-order chi connectivity index (χ1) is 4.90. The van der Waals surface area contributed by atoms with Crippen molar-refractivity contribution in [1.29, 1.82) is 0 Å². The third-order valence-corrected chi connectivity index (χ3v) is 3.74. The van der Waals surface area contributed by atoms with Crippen LogP contribution >= 0.6 is 15.9 Å². The zero-order chi connectivity index (χ0) is 6.97. The molecule has 0 spiro atoms. The summed E-state index contributed by atoms with van der Waals surface area (Å²) in [6, 6.07) is 0. The molecule has 0 aromatic carbocycles. The SMILES string of the molecule is BrC[C@H]1C[C@H]2C=C[C@H]1CC2. The summed E-state index contributed by atoms with van der Waals surface area (Å²) >= 11 is 3.58. The number of allylic oxidation sites excluding steroid dienone is 2. The quantitative estimate of drug-likeness (QED) is 0.452. The van der Waals surface area contributed by atoms with Gasteiger partial charge in [-0.3, -0.25) is 0 Å². The second-order valence-electron chi connectivity index (χ2n) is 3.54. The first-order valence-corrected chi connectivity index (χ1v) is 5.26. The molecule has 0 N–H and O–H groups in total. The maximum atomic E-state index is 3.58. The van der Waals surface area contributed by atoms with E-state index in [1.807, 2.05) is 0 Å². The molecule has 0 nitrogen and oxygen atoms in total. The molecule has 1 saturated carbocycles. The number of rotatable bonds is 1. The number of fused-ring (bicyclic) bond motifs is 2. The molecule has 1 heteroatoms. The summed E-state index contributed by atoms with van der Waals surface area (Å²) in [6.45, 7) is 0. The fourth-order valence-corrected chi connectivity index (χ4v) is 2.97. The monoisotopic (exact) mass is 200 g/mol. The molecule has 3 aliphatic rings. The molecule has 2 bridgehead atoms. The van der Waals surface area contributed by atoms with Crippen molar-refractivity contribution in [2.24, 2.45) is 17.8 Å². The Balaban J connectivity index is 2.11. The van der Waals surface area contributed by atoms with Gasteiger partial charge in [-0.2, -0.15) is 0 Å². The van der Waals surface area contributed by atoms with E-state index in [-0.39, 0.29) is 0 Å². The van der Waals surface area contributed by atoms with Gasteiger partial charge in [0, 0.05) is 5.33 Å². The molecule has 0 saturated heterocycles. The molecule has 3 rings (SSSR count). The topological polar surface area (TPSA) is 0 Å². The molecule has 1 fully saturated rings. The van der Waals surface area contributed by atoms with Crippen LogP contribution in [0.2, 0.25) is 0 Å². The highest BCUT2D eigenvalue weighted by Crippen LogP contribution is 2.40. The first-order valence-electron chi connectivity index (χ1n) is 4.14. The van der Waals surface area contributed by atoms with E-state index >= 15 is 0 Å². The summed E-state index contributed by atoms with van der Waals surface area (Å²) in [5, 5.41) is 1.21. The van der Waals surface area contributed by atoms with Crippen LogP contribution in [0.25, 0.3) is 0 Å². The lowest BCUT2D eigenvalue weighted by atomic mass is 9.70. The molecule has 0 aromatic rings. The van der Waals surface area contributed by atoms with Crippen LogP contribution in [0.4, 0.5) is 0 Å². The lowest BCUT2D eigenvalue weighted by Crippen LogP contribution is -2.27. The van der Waals surface area contributed by atoms with Crippen LogP contribution in [0, 0.1) is 17.8 Å². The molecule has 3 aliphatic carbocycles. The normalized spacial score (nSPS) is 44.3. The van der Waals surface area contributed by atoms with Gasteiger partial charge in [-0.05, 0) is 37.0 Å². The summed E-state index contributed by atoms with van der Waals surface area (Å²) in [6.07, 6.45) is 9.19. The van der Waals surface area contributed by atoms with Gasteiger partial charge in [-0.25, -0.2) is 0 Å². The number of alkyl halides is 1. The first kappa shape index (κ1) is 6.90.